The first-order valence-corrected chi connectivity index (χ1v) is 16.4. The van der Waals surface area contributed by atoms with Gasteiger partial charge in [0.15, 0.2) is 0 Å². The lowest BCUT2D eigenvalue weighted by molar-refractivity contribution is -0.157. The van der Waals surface area contributed by atoms with Gasteiger partial charge in [0.2, 0.25) is 0 Å². The SMILES string of the molecule is COC(=O)C1(OC)C=Cc2ccc(SCCCc3cc4c(cc3OCc3ccccc3)CC(CCc3ccccc3)O4)cc2N1. The zero-order valence-electron chi connectivity index (χ0n) is 25.8. The summed E-state index contributed by atoms with van der Waals surface area (Å²) < 4.78 is 23.3. The summed E-state index contributed by atoms with van der Waals surface area (Å²) in [5, 5.41) is 3.22. The molecule has 2 heterocycles. The lowest BCUT2D eigenvalue weighted by Gasteiger charge is -2.32. The van der Waals surface area contributed by atoms with E-state index in [9.17, 15) is 4.79 Å². The first kappa shape index (κ1) is 30.8. The molecule has 2 unspecified atom stereocenters. The number of fused-ring (bicyclic) bond motifs is 2. The van der Waals surface area contributed by atoms with Crippen LogP contribution in [0.3, 0.4) is 0 Å². The van der Waals surface area contributed by atoms with Crippen LogP contribution in [0.4, 0.5) is 5.69 Å². The fourth-order valence-electron chi connectivity index (χ4n) is 5.83. The number of benzene rings is 4. The monoisotopic (exact) mass is 621 g/mol. The van der Waals surface area contributed by atoms with Gasteiger partial charge in [-0.2, -0.15) is 0 Å². The van der Waals surface area contributed by atoms with E-state index in [1.807, 2.05) is 24.3 Å². The van der Waals surface area contributed by atoms with Crippen LogP contribution in [-0.2, 0) is 40.1 Å². The summed E-state index contributed by atoms with van der Waals surface area (Å²) in [4.78, 5) is 13.5. The standard InChI is InChI=1S/C38H39NO5S/c1-41-37(40)38(42-2)20-19-29-16-18-33(25-34(29)39-38)45-21-9-14-30-23-36-31(24-35(30)43-26-28-12-7-4-8-13-28)22-32(44-36)17-15-27-10-5-3-6-11-27/h3-8,10-13,16,18-20,23-25,32,39H,9,14-15,17,21-22,26H2,1-2H3. The smallest absolute Gasteiger partial charge is 0.363 e. The highest BCUT2D eigenvalue weighted by Crippen LogP contribution is 2.38. The van der Waals surface area contributed by atoms with Crippen molar-refractivity contribution in [1.29, 1.82) is 0 Å². The normalized spacial score (nSPS) is 18.0. The molecule has 45 heavy (non-hydrogen) atoms. The van der Waals surface area contributed by atoms with Crippen molar-refractivity contribution < 1.29 is 23.7 Å². The number of esters is 1. The molecule has 0 aliphatic carbocycles. The molecular formula is C38H39NO5S. The van der Waals surface area contributed by atoms with Crippen LogP contribution in [0.2, 0.25) is 0 Å². The molecule has 2 atom stereocenters. The van der Waals surface area contributed by atoms with E-state index in [2.05, 4.69) is 78.1 Å². The summed E-state index contributed by atoms with van der Waals surface area (Å²) in [5.74, 6) is 2.37. The third kappa shape index (κ3) is 7.38. The zero-order valence-corrected chi connectivity index (χ0v) is 26.6. The topological polar surface area (TPSA) is 66.0 Å². The fraction of sp³-hybridized carbons (Fsp3) is 0.289. The molecule has 0 bridgehead atoms. The van der Waals surface area contributed by atoms with Crippen LogP contribution in [0, 0.1) is 0 Å². The fourth-order valence-corrected chi connectivity index (χ4v) is 6.72. The first-order chi connectivity index (χ1) is 22.0. The number of nitrogens with one attached hydrogen (secondary N) is 1. The predicted molar refractivity (Wildman–Crippen MR) is 180 cm³/mol. The van der Waals surface area contributed by atoms with E-state index in [1.165, 1.54) is 30.9 Å². The molecule has 0 saturated heterocycles. The van der Waals surface area contributed by atoms with Gasteiger partial charge in [-0.3, -0.25) is 0 Å². The van der Waals surface area contributed by atoms with Gasteiger partial charge in [-0.1, -0.05) is 72.8 Å². The van der Waals surface area contributed by atoms with Crippen LogP contribution in [0.15, 0.2) is 102 Å². The number of anilines is 1. The average molecular weight is 622 g/mol. The molecule has 6 rings (SSSR count). The Balaban J connectivity index is 1.10. The van der Waals surface area contributed by atoms with Crippen molar-refractivity contribution in [1.82, 2.24) is 0 Å². The third-order valence-corrected chi connectivity index (χ3v) is 9.41. The minimum absolute atomic E-state index is 0.177. The van der Waals surface area contributed by atoms with Crippen molar-refractivity contribution >= 4 is 29.5 Å². The molecule has 0 spiro atoms. The van der Waals surface area contributed by atoms with Gasteiger partial charge in [0.25, 0.3) is 5.72 Å². The number of hydrogen-bond acceptors (Lipinski definition) is 7. The number of carbonyl (C=O) groups is 1. The highest BCUT2D eigenvalue weighted by Gasteiger charge is 2.39. The van der Waals surface area contributed by atoms with Crippen molar-refractivity contribution in [3.8, 4) is 11.5 Å². The van der Waals surface area contributed by atoms with E-state index < -0.39 is 11.7 Å². The summed E-state index contributed by atoms with van der Waals surface area (Å²) >= 11 is 1.79. The molecule has 6 nitrogen and oxygen atoms in total. The van der Waals surface area contributed by atoms with Gasteiger partial charge in [0.1, 0.15) is 24.2 Å². The maximum atomic E-state index is 12.4. The maximum absolute atomic E-state index is 12.4. The van der Waals surface area contributed by atoms with Gasteiger partial charge in [-0.25, -0.2) is 4.79 Å². The molecule has 4 aromatic rings. The molecule has 7 heteroatoms. The van der Waals surface area contributed by atoms with Crippen LogP contribution in [0.25, 0.3) is 6.08 Å². The first-order valence-electron chi connectivity index (χ1n) is 15.5. The van der Waals surface area contributed by atoms with Gasteiger partial charge < -0.3 is 24.3 Å². The van der Waals surface area contributed by atoms with Gasteiger partial charge in [-0.05, 0) is 84.0 Å². The number of methoxy groups -OCH3 is 2. The van der Waals surface area contributed by atoms with Crippen LogP contribution in [-0.4, -0.2) is 37.8 Å². The second-order valence-corrected chi connectivity index (χ2v) is 12.6. The van der Waals surface area contributed by atoms with Gasteiger partial charge in [0.05, 0.1) is 7.11 Å². The summed E-state index contributed by atoms with van der Waals surface area (Å²) in [6.45, 7) is 0.533. The van der Waals surface area contributed by atoms with Crippen molar-refractivity contribution in [3.63, 3.8) is 0 Å². The summed E-state index contributed by atoms with van der Waals surface area (Å²) in [7, 11) is 2.85. The Hall–Kier alpha value is -4.20. The van der Waals surface area contributed by atoms with E-state index >= 15 is 0 Å². The van der Waals surface area contributed by atoms with E-state index in [0.29, 0.717) is 6.61 Å². The largest absolute Gasteiger partial charge is 0.490 e. The Morgan fingerprint density at radius 2 is 1.73 bits per heavy atom. The number of hydrogen-bond donors (Lipinski definition) is 1. The van der Waals surface area contributed by atoms with Crippen molar-refractivity contribution in [2.45, 2.75) is 55.4 Å². The lowest BCUT2D eigenvalue weighted by Crippen LogP contribution is -2.48. The molecule has 232 valence electrons. The Morgan fingerprint density at radius 3 is 2.49 bits per heavy atom. The molecule has 0 aromatic heterocycles. The number of thioether (sulfide) groups is 1. The quantitative estimate of drug-likeness (QED) is 0.0926. The second kappa shape index (κ2) is 14.3. The van der Waals surface area contributed by atoms with Crippen LogP contribution < -0.4 is 14.8 Å². The number of aryl methyl sites for hydroxylation is 2. The van der Waals surface area contributed by atoms with Crippen molar-refractivity contribution in [3.05, 3.63) is 125 Å². The van der Waals surface area contributed by atoms with Crippen LogP contribution in [0.5, 0.6) is 11.5 Å². The van der Waals surface area contributed by atoms with Gasteiger partial charge >= 0.3 is 5.97 Å². The molecule has 0 amide bonds. The molecule has 0 radical (unpaired) electrons. The number of rotatable bonds is 13. The molecule has 4 aromatic carbocycles. The lowest BCUT2D eigenvalue weighted by atomic mass is 10.0. The van der Waals surface area contributed by atoms with Gasteiger partial charge in [-0.15, -0.1) is 11.8 Å². The Bertz CT molecular complexity index is 1640. The maximum Gasteiger partial charge on any atom is 0.363 e. The van der Waals surface area contributed by atoms with E-state index in [0.717, 1.165) is 71.1 Å². The minimum Gasteiger partial charge on any atom is -0.490 e. The van der Waals surface area contributed by atoms with Crippen LogP contribution >= 0.6 is 11.8 Å². The van der Waals surface area contributed by atoms with E-state index in [1.54, 1.807) is 17.8 Å². The third-order valence-electron chi connectivity index (χ3n) is 8.33. The van der Waals surface area contributed by atoms with Crippen molar-refractivity contribution in [2.75, 3.05) is 25.3 Å². The minimum atomic E-state index is -1.32. The Labute approximate surface area is 269 Å². The zero-order chi connectivity index (χ0) is 31.1. The molecule has 0 saturated carbocycles. The predicted octanol–water partition coefficient (Wildman–Crippen LogP) is 7.88. The summed E-state index contributed by atoms with van der Waals surface area (Å²) in [6.07, 6.45) is 8.50. The Kier molecular flexibility index (Phi) is 9.77. The highest BCUT2D eigenvalue weighted by atomic mass is 32.2. The summed E-state index contributed by atoms with van der Waals surface area (Å²) in [6, 6.07) is 31.5. The molecular weight excluding hydrogens is 582 g/mol. The highest BCUT2D eigenvalue weighted by molar-refractivity contribution is 7.99. The average Bonchev–Trinajstić information content (AvgIpc) is 3.49. The molecule has 2 aliphatic rings. The second-order valence-electron chi connectivity index (χ2n) is 11.4. The van der Waals surface area contributed by atoms with Gasteiger partial charge in [0, 0.05) is 29.7 Å². The molecule has 1 N–H and O–H groups in total. The number of carbonyl (C=O) groups excluding carboxylic acids is 1. The van der Waals surface area contributed by atoms with Crippen LogP contribution in [0.1, 0.15) is 40.7 Å². The Morgan fingerprint density at radius 1 is 0.956 bits per heavy atom. The molecule has 0 fully saturated rings. The van der Waals surface area contributed by atoms with E-state index in [4.69, 9.17) is 18.9 Å². The summed E-state index contributed by atoms with van der Waals surface area (Å²) in [5.41, 5.74) is 5.41. The van der Waals surface area contributed by atoms with Crippen molar-refractivity contribution in [2.24, 2.45) is 0 Å². The van der Waals surface area contributed by atoms with E-state index in [-0.39, 0.29) is 6.10 Å². The molecule has 2 aliphatic heterocycles. The number of ether oxygens (including phenoxy) is 4.